The fraction of sp³-hybridized carbons (Fsp3) is 0.0741. The first-order chi connectivity index (χ1) is 18.5. The number of pyridine rings is 1. The first-order valence-corrected chi connectivity index (χ1v) is 11.8. The third-order valence-corrected chi connectivity index (χ3v) is 5.88. The summed E-state index contributed by atoms with van der Waals surface area (Å²) >= 11 is 6.08. The predicted molar refractivity (Wildman–Crippen MR) is 137 cm³/mol. The van der Waals surface area contributed by atoms with Crippen molar-refractivity contribution in [2.45, 2.75) is 13.2 Å². The van der Waals surface area contributed by atoms with Gasteiger partial charge in [0, 0.05) is 12.1 Å². The maximum Gasteiger partial charge on any atom is 0.315 e. The third kappa shape index (κ3) is 5.40. The lowest BCUT2D eigenvalue weighted by Crippen LogP contribution is -2.26. The van der Waals surface area contributed by atoms with Gasteiger partial charge in [0.15, 0.2) is 11.9 Å². The minimum atomic E-state index is -0.565. The zero-order chi connectivity index (χ0) is 26.5. The molecule has 0 aliphatic heterocycles. The lowest BCUT2D eigenvalue weighted by atomic mass is 10.1. The number of nitrogens with zero attached hydrogens (tertiary/aromatic N) is 4. The van der Waals surface area contributed by atoms with E-state index in [2.05, 4.69) is 10.1 Å². The van der Waals surface area contributed by atoms with Crippen molar-refractivity contribution in [1.82, 2.24) is 10.1 Å². The Labute approximate surface area is 221 Å². The molecule has 5 rings (SSSR count). The molecule has 0 saturated heterocycles. The van der Waals surface area contributed by atoms with Gasteiger partial charge in [0.25, 0.3) is 11.0 Å². The molecule has 0 unspecified atom stereocenters. The number of nitro benzene ring substituents is 1. The van der Waals surface area contributed by atoms with E-state index in [1.165, 1.54) is 24.4 Å². The zero-order valence-corrected chi connectivity index (χ0v) is 20.4. The van der Waals surface area contributed by atoms with Crippen molar-refractivity contribution < 1.29 is 23.7 Å². The summed E-state index contributed by atoms with van der Waals surface area (Å²) in [5.74, 6) is 0.120. The Morgan fingerprint density at radius 2 is 1.58 bits per heavy atom. The molecule has 0 spiro atoms. The summed E-state index contributed by atoms with van der Waals surface area (Å²) < 4.78 is 17.8. The highest BCUT2D eigenvalue weighted by Gasteiger charge is 2.26. The predicted octanol–water partition coefficient (Wildman–Crippen LogP) is 5.76. The van der Waals surface area contributed by atoms with E-state index in [0.29, 0.717) is 4.73 Å². The average Bonchev–Trinajstić information content (AvgIpc) is 3.43. The summed E-state index contributed by atoms with van der Waals surface area (Å²) in [6.07, 6.45) is 1.24. The fourth-order valence-corrected chi connectivity index (χ4v) is 3.86. The Kier molecular flexibility index (Phi) is 7.14. The molecule has 0 radical (unpaired) electrons. The minimum absolute atomic E-state index is 0.0281. The number of hydrogen-bond acceptors (Lipinski definition) is 8. The van der Waals surface area contributed by atoms with Crippen LogP contribution in [0.25, 0.3) is 22.8 Å². The first-order valence-electron chi connectivity index (χ1n) is 11.4. The van der Waals surface area contributed by atoms with Crippen LogP contribution in [0.5, 0.6) is 11.5 Å². The molecular formula is C27H19ClN4O6. The maximum atomic E-state index is 12.1. The molecule has 0 aliphatic rings. The molecule has 0 atom stereocenters. The van der Waals surface area contributed by atoms with Crippen LogP contribution in [0.2, 0.25) is 5.15 Å². The molecule has 0 N–H and O–H groups in total. The van der Waals surface area contributed by atoms with E-state index in [0.717, 1.165) is 11.1 Å². The quantitative estimate of drug-likeness (QED) is 0.0773. The van der Waals surface area contributed by atoms with E-state index in [1.54, 1.807) is 6.07 Å². The van der Waals surface area contributed by atoms with Crippen LogP contribution in [-0.4, -0.2) is 15.1 Å². The second-order valence-electron chi connectivity index (χ2n) is 8.09. The summed E-state index contributed by atoms with van der Waals surface area (Å²) in [6, 6.07) is 24.5. The summed E-state index contributed by atoms with van der Waals surface area (Å²) in [5, 5.41) is 27.7. The summed E-state index contributed by atoms with van der Waals surface area (Å²) in [7, 11) is 0. The van der Waals surface area contributed by atoms with Crippen molar-refractivity contribution in [1.29, 1.82) is 0 Å². The Bertz CT molecular complexity index is 1580. The topological polar surface area (TPSA) is 127 Å². The number of nitro groups is 1. The Morgan fingerprint density at radius 3 is 2.24 bits per heavy atom. The van der Waals surface area contributed by atoms with Crippen LogP contribution in [0.15, 0.2) is 95.6 Å². The van der Waals surface area contributed by atoms with Gasteiger partial charge >= 0.3 is 5.69 Å². The van der Waals surface area contributed by atoms with Crippen LogP contribution in [0, 0.1) is 15.3 Å². The van der Waals surface area contributed by atoms with Gasteiger partial charge in [-0.25, -0.2) is 0 Å². The molecule has 10 nitrogen and oxygen atoms in total. The number of benzene rings is 3. The van der Waals surface area contributed by atoms with Gasteiger partial charge < -0.3 is 19.2 Å². The van der Waals surface area contributed by atoms with Crippen LogP contribution in [0.1, 0.15) is 11.1 Å². The van der Waals surface area contributed by atoms with Gasteiger partial charge in [-0.05, 0) is 34.9 Å². The zero-order valence-electron chi connectivity index (χ0n) is 19.7. The van der Waals surface area contributed by atoms with Crippen LogP contribution in [0.3, 0.4) is 0 Å². The summed E-state index contributed by atoms with van der Waals surface area (Å²) in [5.41, 5.74) is 1.83. The molecule has 0 bridgehead atoms. The van der Waals surface area contributed by atoms with E-state index < -0.39 is 4.92 Å². The molecule has 2 heterocycles. The van der Waals surface area contributed by atoms with E-state index in [-0.39, 0.29) is 58.4 Å². The average molecular weight is 531 g/mol. The SMILES string of the molecule is O=[N+]([O-])c1cc(-c2nc(-c3ccc[n+]([O-])c3Cl)no2)cc(OCc2ccccc2)c1OCc1ccccc1. The molecule has 38 heavy (non-hydrogen) atoms. The fourth-order valence-electron chi connectivity index (χ4n) is 3.65. The molecular weight excluding hydrogens is 512 g/mol. The number of aromatic nitrogens is 3. The largest absolute Gasteiger partial charge is 0.618 e. The molecule has 11 heteroatoms. The van der Waals surface area contributed by atoms with Crippen molar-refractivity contribution in [2.75, 3.05) is 0 Å². The Morgan fingerprint density at radius 1 is 0.921 bits per heavy atom. The van der Waals surface area contributed by atoms with Crippen LogP contribution in [0.4, 0.5) is 5.69 Å². The van der Waals surface area contributed by atoms with Crippen molar-refractivity contribution >= 4 is 17.3 Å². The van der Waals surface area contributed by atoms with E-state index in [4.69, 9.17) is 25.6 Å². The summed E-state index contributed by atoms with van der Waals surface area (Å²) in [6.45, 7) is 0.233. The molecule has 3 aromatic carbocycles. The van der Waals surface area contributed by atoms with Gasteiger partial charge in [-0.3, -0.25) is 10.1 Å². The second kappa shape index (κ2) is 11.0. The highest BCUT2D eigenvalue weighted by atomic mass is 35.5. The molecule has 5 aromatic rings. The maximum absolute atomic E-state index is 12.1. The van der Waals surface area contributed by atoms with E-state index in [1.807, 2.05) is 60.7 Å². The van der Waals surface area contributed by atoms with Crippen LogP contribution in [-0.2, 0) is 13.2 Å². The standard InChI is InChI=1S/C27H19ClN4O6/c28-25-21(12-7-13-31(25)33)26-29-27(38-30-26)20-14-22(32(34)35)24(37-17-19-10-5-2-6-11-19)23(15-20)36-16-18-8-3-1-4-9-18/h1-15H,16-17H2. The summed E-state index contributed by atoms with van der Waals surface area (Å²) in [4.78, 5) is 15.8. The lowest BCUT2D eigenvalue weighted by Gasteiger charge is -2.14. The molecule has 0 fully saturated rings. The van der Waals surface area contributed by atoms with Gasteiger partial charge in [-0.1, -0.05) is 65.8 Å². The highest BCUT2D eigenvalue weighted by molar-refractivity contribution is 6.31. The minimum Gasteiger partial charge on any atom is -0.618 e. The third-order valence-electron chi connectivity index (χ3n) is 5.51. The second-order valence-corrected chi connectivity index (χ2v) is 8.45. The van der Waals surface area contributed by atoms with Crippen LogP contribution < -0.4 is 14.2 Å². The number of halogens is 1. The smallest absolute Gasteiger partial charge is 0.315 e. The monoisotopic (exact) mass is 530 g/mol. The molecule has 0 saturated carbocycles. The van der Waals surface area contributed by atoms with Gasteiger partial charge in [0.05, 0.1) is 10.5 Å². The first kappa shape index (κ1) is 24.7. The van der Waals surface area contributed by atoms with Gasteiger partial charge in [0.2, 0.25) is 11.6 Å². The highest BCUT2D eigenvalue weighted by Crippen LogP contribution is 2.42. The lowest BCUT2D eigenvalue weighted by molar-refractivity contribution is -0.602. The molecule has 190 valence electrons. The molecule has 0 aliphatic carbocycles. The van der Waals surface area contributed by atoms with Crippen LogP contribution >= 0.6 is 11.6 Å². The normalized spacial score (nSPS) is 10.8. The van der Waals surface area contributed by atoms with E-state index in [9.17, 15) is 15.3 Å². The number of ether oxygens (including phenoxy) is 2. The van der Waals surface area contributed by atoms with E-state index >= 15 is 0 Å². The molecule has 0 amide bonds. The molecule has 2 aromatic heterocycles. The van der Waals surface area contributed by atoms with Crippen molar-refractivity contribution in [3.8, 4) is 34.3 Å². The Balaban J connectivity index is 1.54. The number of rotatable bonds is 9. The van der Waals surface area contributed by atoms with Crippen molar-refractivity contribution in [3.63, 3.8) is 0 Å². The van der Waals surface area contributed by atoms with Crippen molar-refractivity contribution in [2.24, 2.45) is 0 Å². The number of hydrogen-bond donors (Lipinski definition) is 0. The Hall–Kier alpha value is -4.96. The van der Waals surface area contributed by atoms with Crippen molar-refractivity contribution in [3.05, 3.63) is 123 Å². The van der Waals surface area contributed by atoms with Gasteiger partial charge in [-0.2, -0.15) is 9.71 Å². The van der Waals surface area contributed by atoms with Gasteiger partial charge in [-0.15, -0.1) is 0 Å². The van der Waals surface area contributed by atoms with Gasteiger partial charge in [0.1, 0.15) is 18.8 Å².